The van der Waals surface area contributed by atoms with Gasteiger partial charge in [0.2, 0.25) is 0 Å². The largest absolute Gasteiger partial charge is 0.335 e. The Bertz CT molecular complexity index is 304. The molecule has 0 fully saturated rings. The van der Waals surface area contributed by atoms with Crippen LogP contribution in [0.25, 0.3) is 0 Å². The van der Waals surface area contributed by atoms with E-state index in [0.29, 0.717) is 13.0 Å². The Morgan fingerprint density at radius 1 is 1.57 bits per heavy atom. The van der Waals surface area contributed by atoms with Gasteiger partial charge in [-0.2, -0.15) is 0 Å². The van der Waals surface area contributed by atoms with Crippen molar-refractivity contribution in [3.63, 3.8) is 0 Å². The lowest BCUT2D eigenvalue weighted by molar-refractivity contribution is -0.119. The third-order valence-corrected chi connectivity index (χ3v) is 1.99. The number of hydrogen-bond acceptors (Lipinski definition) is 3. The summed E-state index contributed by atoms with van der Waals surface area (Å²) in [5.41, 5.74) is 0. The van der Waals surface area contributed by atoms with E-state index in [0.717, 1.165) is 12.4 Å². The molecule has 1 aromatic heterocycles. The molecule has 0 N–H and O–H groups in total. The molecular weight excluding hydrogens is 178 g/mol. The second-order valence-electron chi connectivity index (χ2n) is 3.58. The summed E-state index contributed by atoms with van der Waals surface area (Å²) in [5.74, 6) is 1.07. The summed E-state index contributed by atoms with van der Waals surface area (Å²) in [4.78, 5) is 17.5. The molecule has 1 heterocycles. The van der Waals surface area contributed by atoms with Crippen LogP contribution in [0.3, 0.4) is 0 Å². The smallest absolute Gasteiger partial charge is 0.154 e. The maximum Gasteiger partial charge on any atom is 0.154 e. The molecule has 0 saturated carbocycles. The predicted octanol–water partition coefficient (Wildman–Crippen LogP) is 0.576. The number of likely N-dealkylation sites (N-methyl/N-ethyl adjacent to an activating group) is 1. The topological polar surface area (TPSA) is 38.1 Å². The van der Waals surface area contributed by atoms with Gasteiger partial charge in [-0.05, 0) is 21.0 Å². The molecule has 0 aliphatic heterocycles. The molecule has 78 valence electrons. The number of carbonyl (C=O) groups is 1. The Hall–Kier alpha value is -1.16. The van der Waals surface area contributed by atoms with Gasteiger partial charge in [-0.3, -0.25) is 4.79 Å². The number of ketones is 1. The first-order chi connectivity index (χ1) is 6.63. The molecule has 0 aromatic carbocycles. The normalized spacial score (nSPS) is 10.9. The Balaban J connectivity index is 2.55. The minimum absolute atomic E-state index is 0.205. The fraction of sp³-hybridized carbons (Fsp3) is 0.600. The lowest BCUT2D eigenvalue weighted by atomic mass is 10.2. The Labute approximate surface area is 84.5 Å². The molecule has 0 radical (unpaired) electrons. The van der Waals surface area contributed by atoms with Gasteiger partial charge in [0.15, 0.2) is 5.78 Å². The highest BCUT2D eigenvalue weighted by Crippen LogP contribution is 1.99. The number of carbonyl (C=O) groups excluding carboxylic acids is 1. The minimum Gasteiger partial charge on any atom is -0.335 e. The molecule has 14 heavy (non-hydrogen) atoms. The minimum atomic E-state index is 0.205. The summed E-state index contributed by atoms with van der Waals surface area (Å²) < 4.78 is 1.99. The van der Waals surface area contributed by atoms with Crippen LogP contribution in [-0.2, 0) is 17.8 Å². The van der Waals surface area contributed by atoms with Gasteiger partial charge in [0, 0.05) is 18.9 Å². The molecular formula is C10H17N3O. The highest BCUT2D eigenvalue weighted by atomic mass is 16.1. The van der Waals surface area contributed by atoms with Gasteiger partial charge >= 0.3 is 0 Å². The third-order valence-electron chi connectivity index (χ3n) is 1.99. The van der Waals surface area contributed by atoms with Crippen molar-refractivity contribution >= 4 is 5.78 Å². The van der Waals surface area contributed by atoms with Crippen molar-refractivity contribution in [2.24, 2.45) is 0 Å². The van der Waals surface area contributed by atoms with E-state index in [9.17, 15) is 4.79 Å². The second kappa shape index (κ2) is 4.91. The summed E-state index contributed by atoms with van der Waals surface area (Å²) in [6.45, 7) is 3.39. The van der Waals surface area contributed by atoms with Crippen LogP contribution in [0.1, 0.15) is 12.7 Å². The standard InChI is InChI=1S/C10H17N3O/c1-4-13-6-5-11-10(13)7-9(14)8-12(2)3/h5-6H,4,7-8H2,1-3H3. The number of imidazole rings is 1. The summed E-state index contributed by atoms with van der Waals surface area (Å²) >= 11 is 0. The van der Waals surface area contributed by atoms with E-state index < -0.39 is 0 Å². The van der Waals surface area contributed by atoms with Crippen LogP contribution in [0.4, 0.5) is 0 Å². The van der Waals surface area contributed by atoms with Crippen LogP contribution in [0.15, 0.2) is 12.4 Å². The highest BCUT2D eigenvalue weighted by Gasteiger charge is 2.08. The van der Waals surface area contributed by atoms with E-state index in [1.807, 2.05) is 36.7 Å². The molecule has 0 spiro atoms. The maximum atomic E-state index is 11.5. The van der Waals surface area contributed by atoms with E-state index in [-0.39, 0.29) is 5.78 Å². The van der Waals surface area contributed by atoms with Crippen molar-refractivity contribution in [3.05, 3.63) is 18.2 Å². The highest BCUT2D eigenvalue weighted by molar-refractivity contribution is 5.82. The molecule has 0 aliphatic rings. The predicted molar refractivity (Wildman–Crippen MR) is 55.2 cm³/mol. The van der Waals surface area contributed by atoms with Crippen LogP contribution in [-0.4, -0.2) is 40.9 Å². The first-order valence-electron chi connectivity index (χ1n) is 4.80. The Morgan fingerprint density at radius 2 is 2.29 bits per heavy atom. The zero-order valence-corrected chi connectivity index (χ0v) is 9.03. The molecule has 0 aliphatic carbocycles. The van der Waals surface area contributed by atoms with Crippen molar-refractivity contribution in [3.8, 4) is 0 Å². The lowest BCUT2D eigenvalue weighted by Crippen LogP contribution is -2.24. The van der Waals surface area contributed by atoms with Crippen molar-refractivity contribution in [2.75, 3.05) is 20.6 Å². The Morgan fingerprint density at radius 3 is 2.86 bits per heavy atom. The van der Waals surface area contributed by atoms with Crippen LogP contribution < -0.4 is 0 Å². The fourth-order valence-electron chi connectivity index (χ4n) is 1.38. The molecule has 1 rings (SSSR count). The number of aromatic nitrogens is 2. The van der Waals surface area contributed by atoms with E-state index >= 15 is 0 Å². The molecule has 0 atom stereocenters. The average molecular weight is 195 g/mol. The van der Waals surface area contributed by atoms with Gasteiger partial charge in [-0.1, -0.05) is 0 Å². The number of aryl methyl sites for hydroxylation is 1. The molecule has 1 aromatic rings. The average Bonchev–Trinajstić information content (AvgIpc) is 2.50. The van der Waals surface area contributed by atoms with Crippen molar-refractivity contribution in [1.82, 2.24) is 14.5 Å². The SMILES string of the molecule is CCn1ccnc1CC(=O)CN(C)C. The van der Waals surface area contributed by atoms with Crippen molar-refractivity contribution in [2.45, 2.75) is 19.9 Å². The van der Waals surface area contributed by atoms with Gasteiger partial charge in [-0.15, -0.1) is 0 Å². The zero-order valence-electron chi connectivity index (χ0n) is 9.03. The molecule has 0 saturated heterocycles. The van der Waals surface area contributed by atoms with Crippen molar-refractivity contribution in [1.29, 1.82) is 0 Å². The quantitative estimate of drug-likeness (QED) is 0.689. The molecule has 0 unspecified atom stereocenters. The van der Waals surface area contributed by atoms with Gasteiger partial charge < -0.3 is 9.47 Å². The number of Topliss-reactive ketones (excluding diaryl/α,β-unsaturated/α-hetero) is 1. The fourth-order valence-corrected chi connectivity index (χ4v) is 1.38. The van der Waals surface area contributed by atoms with Gasteiger partial charge in [0.25, 0.3) is 0 Å². The first-order valence-corrected chi connectivity index (χ1v) is 4.80. The van der Waals surface area contributed by atoms with E-state index in [2.05, 4.69) is 4.98 Å². The zero-order chi connectivity index (χ0) is 10.6. The number of hydrogen-bond donors (Lipinski definition) is 0. The molecule has 4 heteroatoms. The second-order valence-corrected chi connectivity index (χ2v) is 3.58. The van der Waals surface area contributed by atoms with Crippen molar-refractivity contribution < 1.29 is 4.79 Å². The molecule has 4 nitrogen and oxygen atoms in total. The van der Waals surface area contributed by atoms with Crippen LogP contribution in [0.2, 0.25) is 0 Å². The number of nitrogens with zero attached hydrogens (tertiary/aromatic N) is 3. The summed E-state index contributed by atoms with van der Waals surface area (Å²) in [6.07, 6.45) is 4.07. The van der Waals surface area contributed by atoms with E-state index in [4.69, 9.17) is 0 Å². The van der Waals surface area contributed by atoms with Crippen LogP contribution in [0, 0.1) is 0 Å². The summed E-state index contributed by atoms with van der Waals surface area (Å²) in [5, 5.41) is 0. The van der Waals surface area contributed by atoms with Crippen LogP contribution in [0.5, 0.6) is 0 Å². The van der Waals surface area contributed by atoms with E-state index in [1.54, 1.807) is 6.20 Å². The maximum absolute atomic E-state index is 11.5. The van der Waals surface area contributed by atoms with E-state index in [1.165, 1.54) is 0 Å². The Kier molecular flexibility index (Phi) is 3.83. The summed E-state index contributed by atoms with van der Waals surface area (Å²) in [7, 11) is 3.79. The number of rotatable bonds is 5. The summed E-state index contributed by atoms with van der Waals surface area (Å²) in [6, 6.07) is 0. The third kappa shape index (κ3) is 2.96. The monoisotopic (exact) mass is 195 g/mol. The van der Waals surface area contributed by atoms with Gasteiger partial charge in [0.1, 0.15) is 5.82 Å². The molecule has 0 bridgehead atoms. The first kappa shape index (κ1) is 10.9. The van der Waals surface area contributed by atoms with Crippen LogP contribution >= 0.6 is 0 Å². The molecule has 0 amide bonds. The van der Waals surface area contributed by atoms with Gasteiger partial charge in [0.05, 0.1) is 13.0 Å². The lowest BCUT2D eigenvalue weighted by Gasteiger charge is -2.08. The van der Waals surface area contributed by atoms with Gasteiger partial charge in [-0.25, -0.2) is 4.98 Å².